The predicted octanol–water partition coefficient (Wildman–Crippen LogP) is 4.37. The molecular weight excluding hydrogens is 510 g/mol. The van der Waals surface area contributed by atoms with Gasteiger partial charge < -0.3 is 5.32 Å². The van der Waals surface area contributed by atoms with E-state index in [1.807, 2.05) is 19.1 Å². The van der Waals surface area contributed by atoms with Gasteiger partial charge in [-0.05, 0) is 62.2 Å². The van der Waals surface area contributed by atoms with Gasteiger partial charge in [-0.25, -0.2) is 16.8 Å². The molecule has 2 aliphatic rings. The number of aryl methyl sites for hydroxylation is 1. The highest BCUT2D eigenvalue weighted by atomic mass is 32.2. The molecule has 0 radical (unpaired) electrons. The summed E-state index contributed by atoms with van der Waals surface area (Å²) < 4.78 is 55.6. The first-order valence-corrected chi connectivity index (χ1v) is 15.2. The van der Waals surface area contributed by atoms with Crippen molar-refractivity contribution in [3.63, 3.8) is 0 Å². The minimum atomic E-state index is -3.95. The number of hydrogen-bond donors (Lipinski definition) is 1. The van der Waals surface area contributed by atoms with E-state index in [1.54, 1.807) is 30.3 Å². The Morgan fingerprint density at radius 1 is 0.892 bits per heavy atom. The zero-order valence-corrected chi connectivity index (χ0v) is 22.2. The number of nitrogens with one attached hydrogen (secondary N) is 1. The van der Waals surface area contributed by atoms with Gasteiger partial charge in [-0.3, -0.25) is 9.10 Å². The summed E-state index contributed by atoms with van der Waals surface area (Å²) in [7, 11) is -7.55. The van der Waals surface area contributed by atoms with Crippen LogP contribution in [0.25, 0.3) is 11.1 Å². The number of sulfonamides is 2. The molecule has 1 amide bonds. The number of carbonyl (C=O) groups excluding carboxylic acids is 1. The molecule has 2 heterocycles. The average Bonchev–Trinajstić information content (AvgIpc) is 3.18. The summed E-state index contributed by atoms with van der Waals surface area (Å²) in [6.07, 6.45) is 3.75. The molecule has 0 saturated carbocycles. The quantitative estimate of drug-likeness (QED) is 0.519. The first kappa shape index (κ1) is 25.4. The number of benzene rings is 3. The Labute approximate surface area is 218 Å². The molecule has 10 heteroatoms. The molecule has 1 N–H and O–H groups in total. The topological polar surface area (TPSA) is 104 Å². The highest BCUT2D eigenvalue weighted by molar-refractivity contribution is 7.93. The van der Waals surface area contributed by atoms with Gasteiger partial charge in [0.2, 0.25) is 15.9 Å². The minimum absolute atomic E-state index is 0.156. The second-order valence-corrected chi connectivity index (χ2v) is 13.2. The SMILES string of the molecule is Cc1ccc2c(c1)-c1ccccc1S(=O)(=O)N2CC(=O)Nc1ccc(S(=O)(=O)N2CCCCCC2)cc1. The lowest BCUT2D eigenvalue weighted by atomic mass is 10.0. The standard InChI is InChI=1S/C27H29N3O5S2/c1-20-10-15-25-24(18-20)23-8-4-5-9-26(23)37(34,35)30(25)19-27(31)28-21-11-13-22(14-12-21)36(32,33)29-16-6-2-3-7-17-29/h4-5,8-15,18H,2-3,6-7,16-17,19H2,1H3,(H,28,31). The molecule has 1 saturated heterocycles. The van der Waals surface area contributed by atoms with Gasteiger partial charge >= 0.3 is 0 Å². The van der Waals surface area contributed by atoms with E-state index in [4.69, 9.17) is 0 Å². The van der Waals surface area contributed by atoms with Crippen molar-refractivity contribution in [2.75, 3.05) is 29.3 Å². The van der Waals surface area contributed by atoms with Gasteiger partial charge in [0.1, 0.15) is 6.54 Å². The van der Waals surface area contributed by atoms with Crippen molar-refractivity contribution in [3.8, 4) is 11.1 Å². The van der Waals surface area contributed by atoms with E-state index in [2.05, 4.69) is 5.32 Å². The molecule has 1 fully saturated rings. The lowest BCUT2D eigenvalue weighted by Crippen LogP contribution is -2.40. The molecule has 0 aliphatic carbocycles. The monoisotopic (exact) mass is 539 g/mol. The van der Waals surface area contributed by atoms with E-state index < -0.39 is 32.5 Å². The second kappa shape index (κ2) is 9.92. The van der Waals surface area contributed by atoms with Gasteiger partial charge in [-0.15, -0.1) is 0 Å². The van der Waals surface area contributed by atoms with Crippen LogP contribution < -0.4 is 9.62 Å². The maximum absolute atomic E-state index is 13.4. The Kier molecular flexibility index (Phi) is 6.82. The Hall–Kier alpha value is -3.21. The molecule has 0 bridgehead atoms. The summed E-state index contributed by atoms with van der Waals surface area (Å²) >= 11 is 0. The van der Waals surface area contributed by atoms with Gasteiger partial charge in [0, 0.05) is 29.9 Å². The van der Waals surface area contributed by atoms with Gasteiger partial charge in [-0.2, -0.15) is 4.31 Å². The Balaban J connectivity index is 1.36. The molecule has 2 aliphatic heterocycles. The lowest BCUT2D eigenvalue weighted by Gasteiger charge is -2.31. The Morgan fingerprint density at radius 3 is 2.27 bits per heavy atom. The second-order valence-electron chi connectivity index (χ2n) is 9.42. The van der Waals surface area contributed by atoms with Crippen LogP contribution in [0.15, 0.2) is 76.5 Å². The van der Waals surface area contributed by atoms with Gasteiger partial charge in [0.05, 0.1) is 15.5 Å². The summed E-state index contributed by atoms with van der Waals surface area (Å²) in [5.41, 5.74) is 3.17. The van der Waals surface area contributed by atoms with Crippen LogP contribution >= 0.6 is 0 Å². The number of anilines is 2. The van der Waals surface area contributed by atoms with E-state index >= 15 is 0 Å². The largest absolute Gasteiger partial charge is 0.325 e. The maximum Gasteiger partial charge on any atom is 0.265 e. The number of rotatable bonds is 5. The molecule has 5 rings (SSSR count). The van der Waals surface area contributed by atoms with Crippen molar-refractivity contribution in [1.29, 1.82) is 0 Å². The van der Waals surface area contributed by atoms with Crippen LogP contribution in [-0.4, -0.2) is 46.7 Å². The number of amides is 1. The fourth-order valence-corrected chi connectivity index (χ4v) is 8.05. The van der Waals surface area contributed by atoms with Crippen LogP contribution in [0.2, 0.25) is 0 Å². The van der Waals surface area contributed by atoms with Crippen LogP contribution in [0.4, 0.5) is 11.4 Å². The first-order chi connectivity index (χ1) is 17.7. The number of hydrogen-bond acceptors (Lipinski definition) is 5. The Bertz CT molecular complexity index is 1540. The molecule has 194 valence electrons. The van der Waals surface area contributed by atoms with E-state index in [0.29, 0.717) is 30.0 Å². The summed E-state index contributed by atoms with van der Waals surface area (Å²) in [5, 5.41) is 2.71. The summed E-state index contributed by atoms with van der Waals surface area (Å²) in [6.45, 7) is 2.53. The number of fused-ring (bicyclic) bond motifs is 3. The molecule has 0 spiro atoms. The fourth-order valence-electron chi connectivity index (χ4n) is 4.89. The highest BCUT2D eigenvalue weighted by Gasteiger charge is 2.36. The molecule has 3 aromatic rings. The van der Waals surface area contributed by atoms with Gasteiger partial charge in [0.15, 0.2) is 0 Å². The van der Waals surface area contributed by atoms with E-state index in [0.717, 1.165) is 41.1 Å². The van der Waals surface area contributed by atoms with Crippen molar-refractivity contribution >= 4 is 37.3 Å². The van der Waals surface area contributed by atoms with Crippen LogP contribution in [-0.2, 0) is 24.8 Å². The minimum Gasteiger partial charge on any atom is -0.325 e. The van der Waals surface area contributed by atoms with Crippen molar-refractivity contribution in [2.45, 2.75) is 42.4 Å². The maximum atomic E-state index is 13.4. The molecular formula is C27H29N3O5S2. The zero-order valence-electron chi connectivity index (χ0n) is 20.6. The van der Waals surface area contributed by atoms with Crippen LogP contribution in [0.3, 0.4) is 0 Å². The normalized spacial score (nSPS) is 17.4. The third-order valence-electron chi connectivity index (χ3n) is 6.79. The van der Waals surface area contributed by atoms with E-state index in [1.165, 1.54) is 28.6 Å². The summed E-state index contributed by atoms with van der Waals surface area (Å²) in [6, 6.07) is 18.2. The molecule has 0 unspecified atom stereocenters. The average molecular weight is 540 g/mol. The number of carbonyl (C=O) groups is 1. The number of nitrogens with zero attached hydrogens (tertiary/aromatic N) is 2. The molecule has 3 aromatic carbocycles. The van der Waals surface area contributed by atoms with Crippen molar-refractivity contribution < 1.29 is 21.6 Å². The third kappa shape index (κ3) is 4.88. The third-order valence-corrected chi connectivity index (χ3v) is 10.5. The predicted molar refractivity (Wildman–Crippen MR) is 143 cm³/mol. The Morgan fingerprint density at radius 2 is 1.57 bits per heavy atom. The summed E-state index contributed by atoms with van der Waals surface area (Å²) in [4.78, 5) is 13.3. The van der Waals surface area contributed by atoms with Crippen LogP contribution in [0.5, 0.6) is 0 Å². The van der Waals surface area contributed by atoms with Crippen LogP contribution in [0, 0.1) is 6.92 Å². The van der Waals surface area contributed by atoms with Crippen molar-refractivity contribution in [3.05, 3.63) is 72.3 Å². The summed E-state index contributed by atoms with van der Waals surface area (Å²) in [5.74, 6) is -0.530. The van der Waals surface area contributed by atoms with Crippen LogP contribution in [0.1, 0.15) is 31.2 Å². The van der Waals surface area contributed by atoms with E-state index in [9.17, 15) is 21.6 Å². The highest BCUT2D eigenvalue weighted by Crippen LogP contribution is 2.43. The lowest BCUT2D eigenvalue weighted by molar-refractivity contribution is -0.114. The van der Waals surface area contributed by atoms with Gasteiger partial charge in [0.25, 0.3) is 10.0 Å². The van der Waals surface area contributed by atoms with Gasteiger partial charge in [-0.1, -0.05) is 42.7 Å². The zero-order chi connectivity index (χ0) is 26.2. The first-order valence-electron chi connectivity index (χ1n) is 12.3. The fraction of sp³-hybridized carbons (Fsp3) is 0.296. The van der Waals surface area contributed by atoms with E-state index in [-0.39, 0.29) is 9.79 Å². The molecule has 8 nitrogen and oxygen atoms in total. The molecule has 0 aromatic heterocycles. The molecule has 37 heavy (non-hydrogen) atoms. The van der Waals surface area contributed by atoms with Crippen molar-refractivity contribution in [1.82, 2.24) is 4.31 Å². The smallest absolute Gasteiger partial charge is 0.265 e. The molecule has 0 atom stereocenters. The van der Waals surface area contributed by atoms with Crippen molar-refractivity contribution in [2.24, 2.45) is 0 Å².